The number of nitrogens with two attached hydrogens (primary N) is 1. The predicted octanol–water partition coefficient (Wildman–Crippen LogP) is 2.70. The molecule has 160 valence electrons. The van der Waals surface area contributed by atoms with Crippen molar-refractivity contribution in [3.8, 4) is 0 Å². The van der Waals surface area contributed by atoms with E-state index in [2.05, 4.69) is 19.6 Å². The summed E-state index contributed by atoms with van der Waals surface area (Å²) in [5.74, 6) is 0.586. The monoisotopic (exact) mass is 435 g/mol. The lowest BCUT2D eigenvalue weighted by molar-refractivity contribution is 0.0942. The average molecular weight is 436 g/mol. The number of hydrogen-bond donors (Lipinski definition) is 3. The van der Waals surface area contributed by atoms with Crippen molar-refractivity contribution in [2.75, 3.05) is 13.1 Å². The Kier molecular flexibility index (Phi) is 5.79. The third-order valence-corrected chi connectivity index (χ3v) is 6.63. The van der Waals surface area contributed by atoms with Crippen LogP contribution in [-0.4, -0.2) is 44.1 Å². The number of rotatable bonds is 6. The summed E-state index contributed by atoms with van der Waals surface area (Å²) in [5.41, 5.74) is 11.0. The SMILES string of the molecule is Cc1ncc2c(CNC(=O)c3cc(SN4CC(N)=C(C=N)C4)c(C)n3C)cccc2n1. The molecule has 1 aromatic carbocycles. The van der Waals surface area contributed by atoms with E-state index in [4.69, 9.17) is 11.1 Å². The summed E-state index contributed by atoms with van der Waals surface area (Å²) in [6.45, 7) is 5.48. The lowest BCUT2D eigenvalue weighted by atomic mass is 10.1. The van der Waals surface area contributed by atoms with Crippen LogP contribution >= 0.6 is 11.9 Å². The minimum Gasteiger partial charge on any atom is -0.401 e. The number of benzene rings is 1. The van der Waals surface area contributed by atoms with Crippen LogP contribution in [0.3, 0.4) is 0 Å². The smallest absolute Gasteiger partial charge is 0.268 e. The van der Waals surface area contributed by atoms with E-state index in [-0.39, 0.29) is 5.91 Å². The van der Waals surface area contributed by atoms with Gasteiger partial charge in [0.05, 0.1) is 5.52 Å². The highest BCUT2D eigenvalue weighted by Crippen LogP contribution is 2.32. The maximum Gasteiger partial charge on any atom is 0.268 e. The zero-order valence-corrected chi connectivity index (χ0v) is 18.6. The van der Waals surface area contributed by atoms with Crippen molar-refractivity contribution in [3.63, 3.8) is 0 Å². The van der Waals surface area contributed by atoms with Crippen molar-refractivity contribution in [1.29, 1.82) is 5.41 Å². The van der Waals surface area contributed by atoms with Crippen LogP contribution in [0.2, 0.25) is 0 Å². The number of amides is 1. The molecule has 1 aliphatic rings. The van der Waals surface area contributed by atoms with Crippen LogP contribution in [0.15, 0.2) is 46.6 Å². The Morgan fingerprint density at radius 2 is 2.16 bits per heavy atom. The van der Waals surface area contributed by atoms with E-state index in [0.717, 1.165) is 44.2 Å². The van der Waals surface area contributed by atoms with Crippen molar-refractivity contribution in [2.45, 2.75) is 25.3 Å². The highest BCUT2D eigenvalue weighted by Gasteiger charge is 2.23. The van der Waals surface area contributed by atoms with E-state index in [1.807, 2.05) is 49.7 Å². The topological polar surface area (TPSA) is 113 Å². The number of carbonyl (C=O) groups is 1. The molecule has 4 rings (SSSR count). The summed E-state index contributed by atoms with van der Waals surface area (Å²) < 4.78 is 4.00. The van der Waals surface area contributed by atoms with E-state index in [0.29, 0.717) is 25.3 Å². The molecule has 0 unspecified atom stereocenters. The van der Waals surface area contributed by atoms with E-state index in [1.54, 1.807) is 18.1 Å². The number of fused-ring (bicyclic) bond motifs is 1. The summed E-state index contributed by atoms with van der Waals surface area (Å²) >= 11 is 1.56. The van der Waals surface area contributed by atoms with Gasteiger partial charge in [0.1, 0.15) is 11.5 Å². The quantitative estimate of drug-likeness (QED) is 0.405. The molecular formula is C22H25N7OS. The van der Waals surface area contributed by atoms with E-state index < -0.39 is 0 Å². The van der Waals surface area contributed by atoms with Crippen LogP contribution in [0.1, 0.15) is 27.6 Å². The Morgan fingerprint density at radius 3 is 2.90 bits per heavy atom. The number of nitrogens with zero attached hydrogens (tertiary/aromatic N) is 4. The van der Waals surface area contributed by atoms with Crippen molar-refractivity contribution < 1.29 is 4.79 Å². The van der Waals surface area contributed by atoms with Gasteiger partial charge in [0.25, 0.3) is 5.91 Å². The standard InChI is InChI=1S/C22H25N7OS/c1-13-21(31-29-11-16(8-23)18(24)12-29)7-20(28(13)3)22(30)26-9-15-5-4-6-19-17(15)10-25-14(2)27-19/h4-8,10,23H,9,11-12,24H2,1-3H3,(H,26,30). The van der Waals surface area contributed by atoms with Crippen LogP contribution in [0.5, 0.6) is 0 Å². The molecule has 3 heterocycles. The third kappa shape index (κ3) is 4.19. The van der Waals surface area contributed by atoms with E-state index >= 15 is 0 Å². The van der Waals surface area contributed by atoms with Gasteiger partial charge < -0.3 is 21.0 Å². The molecule has 0 spiro atoms. The van der Waals surface area contributed by atoms with Crippen LogP contribution in [-0.2, 0) is 13.6 Å². The first-order valence-electron chi connectivity index (χ1n) is 9.94. The first kappa shape index (κ1) is 21.1. The molecule has 4 N–H and O–H groups in total. The molecule has 3 aromatic rings. The number of carbonyl (C=O) groups excluding carboxylic acids is 1. The molecule has 1 aliphatic heterocycles. The number of nitrogens with one attached hydrogen (secondary N) is 2. The summed E-state index contributed by atoms with van der Waals surface area (Å²) in [4.78, 5) is 22.7. The molecule has 0 saturated heterocycles. The fraction of sp³-hybridized carbons (Fsp3) is 0.273. The first-order valence-corrected chi connectivity index (χ1v) is 10.7. The fourth-order valence-corrected chi connectivity index (χ4v) is 4.71. The Balaban J connectivity index is 1.47. The molecule has 0 radical (unpaired) electrons. The number of hydrogen-bond acceptors (Lipinski definition) is 7. The first-order chi connectivity index (χ1) is 14.9. The van der Waals surface area contributed by atoms with Crippen LogP contribution in [0.4, 0.5) is 0 Å². The fourth-order valence-electron chi connectivity index (χ4n) is 3.59. The van der Waals surface area contributed by atoms with E-state index in [9.17, 15) is 4.79 Å². The summed E-state index contributed by atoms with van der Waals surface area (Å²) in [6.07, 6.45) is 3.12. The van der Waals surface area contributed by atoms with Gasteiger partial charge in [-0.05, 0) is 43.5 Å². The van der Waals surface area contributed by atoms with Gasteiger partial charge in [0.2, 0.25) is 0 Å². The molecule has 0 fully saturated rings. The second kappa shape index (κ2) is 8.52. The molecule has 0 atom stereocenters. The predicted molar refractivity (Wildman–Crippen MR) is 123 cm³/mol. The Morgan fingerprint density at radius 1 is 1.35 bits per heavy atom. The lowest BCUT2D eigenvalue weighted by Crippen LogP contribution is -2.25. The van der Waals surface area contributed by atoms with Crippen molar-refractivity contribution >= 4 is 35.0 Å². The Bertz CT molecular complexity index is 1210. The average Bonchev–Trinajstić information content (AvgIpc) is 3.25. The number of aromatic nitrogens is 3. The minimum absolute atomic E-state index is 0.137. The molecular weight excluding hydrogens is 410 g/mol. The minimum atomic E-state index is -0.137. The zero-order valence-electron chi connectivity index (χ0n) is 17.8. The van der Waals surface area contributed by atoms with Crippen LogP contribution in [0, 0.1) is 19.3 Å². The van der Waals surface area contributed by atoms with Gasteiger partial charge in [-0.3, -0.25) is 4.79 Å². The maximum absolute atomic E-state index is 12.9. The van der Waals surface area contributed by atoms with Gasteiger partial charge >= 0.3 is 0 Å². The van der Waals surface area contributed by atoms with Gasteiger partial charge in [-0.1, -0.05) is 12.1 Å². The van der Waals surface area contributed by atoms with Crippen LogP contribution in [0.25, 0.3) is 10.9 Å². The maximum atomic E-state index is 12.9. The summed E-state index contributed by atoms with van der Waals surface area (Å²) in [5, 5.41) is 11.4. The van der Waals surface area contributed by atoms with Crippen molar-refractivity contribution in [2.24, 2.45) is 12.8 Å². The van der Waals surface area contributed by atoms with Gasteiger partial charge in [-0.2, -0.15) is 0 Å². The summed E-state index contributed by atoms with van der Waals surface area (Å²) in [6, 6.07) is 7.77. The van der Waals surface area contributed by atoms with E-state index in [1.165, 1.54) is 6.21 Å². The molecule has 2 aromatic heterocycles. The summed E-state index contributed by atoms with van der Waals surface area (Å²) in [7, 11) is 1.89. The van der Waals surface area contributed by atoms with Gasteiger partial charge in [-0.15, -0.1) is 0 Å². The molecule has 0 bridgehead atoms. The molecule has 0 aliphatic carbocycles. The molecule has 31 heavy (non-hydrogen) atoms. The second-order valence-electron chi connectivity index (χ2n) is 7.57. The lowest BCUT2D eigenvalue weighted by Gasteiger charge is -2.13. The second-order valence-corrected chi connectivity index (χ2v) is 8.71. The van der Waals surface area contributed by atoms with Gasteiger partial charge in [0.15, 0.2) is 0 Å². The molecule has 0 saturated carbocycles. The zero-order chi connectivity index (χ0) is 22.1. The largest absolute Gasteiger partial charge is 0.401 e. The molecule has 9 heteroatoms. The van der Waals surface area contributed by atoms with Crippen molar-refractivity contribution in [1.82, 2.24) is 24.2 Å². The Hall–Kier alpha value is -3.17. The van der Waals surface area contributed by atoms with Crippen LogP contribution < -0.4 is 11.1 Å². The molecule has 1 amide bonds. The van der Waals surface area contributed by atoms with Gasteiger partial charge in [-0.25, -0.2) is 14.3 Å². The Labute approximate surface area is 185 Å². The van der Waals surface area contributed by atoms with Crippen molar-refractivity contribution in [3.05, 3.63) is 64.5 Å². The highest BCUT2D eigenvalue weighted by atomic mass is 32.2. The number of aryl methyl sites for hydroxylation is 1. The molecule has 8 nitrogen and oxygen atoms in total. The normalized spacial score (nSPS) is 14.4. The highest BCUT2D eigenvalue weighted by molar-refractivity contribution is 7.97. The van der Waals surface area contributed by atoms with Gasteiger partial charge in [0, 0.05) is 66.3 Å². The third-order valence-electron chi connectivity index (χ3n) is 5.50.